The molecule has 29 heavy (non-hydrogen) atoms. The number of nitrogens with zero attached hydrogens (tertiary/aromatic N) is 2. The molecule has 0 aliphatic rings. The Kier molecular flexibility index (Phi) is 4.50. The third-order valence-electron chi connectivity index (χ3n) is 6.17. The van der Waals surface area contributed by atoms with Crippen LogP contribution in [-0.4, -0.2) is 25.1 Å². The van der Waals surface area contributed by atoms with Crippen LogP contribution in [0.4, 0.5) is 0 Å². The highest BCUT2D eigenvalue weighted by Gasteiger charge is 2.36. The summed E-state index contributed by atoms with van der Waals surface area (Å²) in [5, 5.41) is 14.8. The first kappa shape index (κ1) is 19.6. The maximum absolute atomic E-state index is 11.2. The minimum Gasteiger partial charge on any atom is -0.508 e. The van der Waals surface area contributed by atoms with Crippen LogP contribution >= 0.6 is 0 Å². The number of fused-ring (bicyclic) bond motifs is 3. The molecule has 3 aromatic carbocycles. The fourth-order valence-electron chi connectivity index (χ4n) is 4.29. The van der Waals surface area contributed by atoms with Gasteiger partial charge in [-0.2, -0.15) is 0 Å². The van der Waals surface area contributed by atoms with Crippen molar-refractivity contribution in [3.05, 3.63) is 72.3 Å². The molecule has 0 bridgehead atoms. The third-order valence-corrected chi connectivity index (χ3v) is 9.71. The van der Waals surface area contributed by atoms with Crippen LogP contribution in [0.5, 0.6) is 5.75 Å². The van der Waals surface area contributed by atoms with Gasteiger partial charge in [-0.15, -0.1) is 0 Å². The molecule has 0 fully saturated rings. The average Bonchev–Trinajstić information content (AvgIpc) is 3.01. The van der Waals surface area contributed by atoms with Crippen LogP contribution in [0.15, 0.2) is 66.7 Å². The lowest BCUT2D eigenvalue weighted by Crippen LogP contribution is -2.61. The smallest absolute Gasteiger partial charge is 0.204 e. The van der Waals surface area contributed by atoms with Gasteiger partial charge in [-0.05, 0) is 36.2 Å². The zero-order chi connectivity index (χ0) is 21.0. The van der Waals surface area contributed by atoms with Crippen molar-refractivity contribution >= 4 is 35.2 Å². The average molecular weight is 403 g/mol. The lowest BCUT2D eigenvalue weighted by atomic mass is 9.86. The molecule has 4 aromatic rings. The molecular weight excluding hydrogens is 372 g/mol. The fraction of sp³-hybridized carbons (Fsp3) is 0.280. The van der Waals surface area contributed by atoms with Gasteiger partial charge in [0, 0.05) is 23.0 Å². The standard InChI is InChI=1S/C25H30N2OSi/c1-25(2,3)20-14-11-17-23(24(20)28)29(5,6)26(4)27-21-15-9-7-12-18(21)19-13-8-10-16-22(19)27/h7-17,28H,1-6H3. The first-order valence-corrected chi connectivity index (χ1v) is 13.1. The Morgan fingerprint density at radius 3 is 1.83 bits per heavy atom. The van der Waals surface area contributed by atoms with Crippen molar-refractivity contribution in [3.8, 4) is 5.75 Å². The van der Waals surface area contributed by atoms with E-state index in [1.54, 1.807) is 0 Å². The van der Waals surface area contributed by atoms with Gasteiger partial charge in [-0.1, -0.05) is 75.4 Å². The Hall–Kier alpha value is -2.72. The Labute approximate surface area is 174 Å². The van der Waals surface area contributed by atoms with Crippen molar-refractivity contribution in [1.29, 1.82) is 0 Å². The molecule has 0 spiro atoms. The van der Waals surface area contributed by atoms with E-state index in [1.165, 1.54) is 21.8 Å². The summed E-state index contributed by atoms with van der Waals surface area (Å²) in [7, 11) is -0.0693. The fourth-order valence-corrected chi connectivity index (χ4v) is 6.57. The molecule has 0 unspecified atom stereocenters. The maximum atomic E-state index is 11.2. The van der Waals surface area contributed by atoms with Crippen molar-refractivity contribution in [2.24, 2.45) is 0 Å². The second-order valence-corrected chi connectivity index (χ2v) is 13.7. The van der Waals surface area contributed by atoms with Crippen molar-refractivity contribution in [1.82, 2.24) is 4.68 Å². The summed E-state index contributed by atoms with van der Waals surface area (Å²) in [6.45, 7) is 11.1. The molecule has 150 valence electrons. The third kappa shape index (κ3) is 3.03. The number of benzene rings is 3. The number of aromatic nitrogens is 1. The summed E-state index contributed by atoms with van der Waals surface area (Å²) < 4.78 is 4.71. The first-order valence-electron chi connectivity index (χ1n) is 10.2. The Morgan fingerprint density at radius 2 is 1.31 bits per heavy atom. The molecule has 0 atom stereocenters. The molecule has 0 amide bonds. The van der Waals surface area contributed by atoms with Crippen LogP contribution in [0, 0.1) is 0 Å². The van der Waals surface area contributed by atoms with Crippen molar-refractivity contribution < 1.29 is 5.11 Å². The monoisotopic (exact) mass is 402 g/mol. The number of hydrogen-bond donors (Lipinski definition) is 1. The zero-order valence-electron chi connectivity index (χ0n) is 18.2. The second-order valence-electron chi connectivity index (χ2n) is 9.38. The van der Waals surface area contributed by atoms with E-state index in [0.29, 0.717) is 5.75 Å². The van der Waals surface area contributed by atoms with E-state index in [2.05, 4.69) is 111 Å². The Balaban J connectivity index is 1.94. The molecule has 4 rings (SSSR count). The highest BCUT2D eigenvalue weighted by molar-refractivity contribution is 6.92. The van der Waals surface area contributed by atoms with Crippen molar-refractivity contribution in [2.45, 2.75) is 39.3 Å². The summed E-state index contributed by atoms with van der Waals surface area (Å²) in [5.41, 5.74) is 3.30. The van der Waals surface area contributed by atoms with Crippen LogP contribution < -0.4 is 9.86 Å². The first-order chi connectivity index (χ1) is 13.6. The van der Waals surface area contributed by atoms with Crippen LogP contribution in [-0.2, 0) is 5.41 Å². The van der Waals surface area contributed by atoms with Crippen molar-refractivity contribution in [2.75, 3.05) is 11.7 Å². The van der Waals surface area contributed by atoms with Gasteiger partial charge in [0.15, 0.2) is 0 Å². The number of phenols is 1. The van der Waals surface area contributed by atoms with E-state index in [0.717, 1.165) is 10.8 Å². The van der Waals surface area contributed by atoms with Gasteiger partial charge in [0.05, 0.1) is 11.0 Å². The van der Waals surface area contributed by atoms with Gasteiger partial charge in [0.2, 0.25) is 8.24 Å². The van der Waals surface area contributed by atoms with E-state index >= 15 is 0 Å². The number of rotatable bonds is 3. The summed E-state index contributed by atoms with van der Waals surface area (Å²) >= 11 is 0. The minimum atomic E-state index is -2.23. The summed E-state index contributed by atoms with van der Waals surface area (Å²) in [6, 6.07) is 23.4. The molecular formula is C25H30N2OSi. The lowest BCUT2D eigenvalue weighted by Gasteiger charge is -2.38. The van der Waals surface area contributed by atoms with Crippen LogP contribution in [0.1, 0.15) is 26.3 Å². The predicted octanol–water partition coefficient (Wildman–Crippen LogP) is 5.48. The number of phenolic OH excluding ortho intramolecular Hbond substituents is 1. The quantitative estimate of drug-likeness (QED) is 0.460. The van der Waals surface area contributed by atoms with Crippen LogP contribution in [0.3, 0.4) is 0 Å². The van der Waals surface area contributed by atoms with Crippen LogP contribution in [0.2, 0.25) is 13.1 Å². The van der Waals surface area contributed by atoms with E-state index in [4.69, 9.17) is 0 Å². The highest BCUT2D eigenvalue weighted by Crippen LogP contribution is 2.33. The van der Waals surface area contributed by atoms with Crippen molar-refractivity contribution in [3.63, 3.8) is 0 Å². The Bertz CT molecular complexity index is 1150. The molecule has 0 radical (unpaired) electrons. The molecule has 0 aliphatic carbocycles. The predicted molar refractivity (Wildman–Crippen MR) is 128 cm³/mol. The van der Waals surface area contributed by atoms with Gasteiger partial charge < -0.3 is 9.78 Å². The Morgan fingerprint density at radius 1 is 0.793 bits per heavy atom. The van der Waals surface area contributed by atoms with E-state index in [9.17, 15) is 5.11 Å². The van der Waals surface area contributed by atoms with Gasteiger partial charge in [0.1, 0.15) is 5.75 Å². The molecule has 1 heterocycles. The van der Waals surface area contributed by atoms with Gasteiger partial charge in [-0.3, -0.25) is 4.68 Å². The van der Waals surface area contributed by atoms with Gasteiger partial charge in [-0.25, -0.2) is 0 Å². The zero-order valence-corrected chi connectivity index (χ0v) is 19.2. The molecule has 3 nitrogen and oxygen atoms in total. The lowest BCUT2D eigenvalue weighted by molar-refractivity contribution is 0.450. The van der Waals surface area contributed by atoms with Crippen LogP contribution in [0.25, 0.3) is 21.8 Å². The minimum absolute atomic E-state index is 0.101. The molecule has 0 saturated carbocycles. The normalized spacial score (nSPS) is 12.6. The molecule has 1 aromatic heterocycles. The number of aromatic hydroxyl groups is 1. The van der Waals surface area contributed by atoms with E-state index in [1.807, 2.05) is 6.07 Å². The summed E-state index contributed by atoms with van der Waals surface area (Å²) in [4.78, 5) is 0. The SMILES string of the molecule is CN(n1c2ccccc2c2ccccc21)[Si](C)(C)c1cccc(C(C)(C)C)c1O. The van der Waals surface area contributed by atoms with E-state index < -0.39 is 8.24 Å². The second kappa shape index (κ2) is 6.67. The molecule has 0 saturated heterocycles. The van der Waals surface area contributed by atoms with E-state index in [-0.39, 0.29) is 5.41 Å². The largest absolute Gasteiger partial charge is 0.508 e. The summed E-state index contributed by atoms with van der Waals surface area (Å²) in [6.07, 6.45) is 0. The summed E-state index contributed by atoms with van der Waals surface area (Å²) in [5.74, 6) is 0.448. The molecule has 0 aliphatic heterocycles. The molecule has 4 heteroatoms. The molecule has 1 N–H and O–H groups in total. The van der Waals surface area contributed by atoms with Gasteiger partial charge >= 0.3 is 0 Å². The number of hydrogen-bond acceptors (Lipinski definition) is 2. The number of para-hydroxylation sites is 3. The van der Waals surface area contributed by atoms with Gasteiger partial charge in [0.25, 0.3) is 0 Å². The maximum Gasteiger partial charge on any atom is 0.204 e. The topological polar surface area (TPSA) is 28.4 Å². The highest BCUT2D eigenvalue weighted by atomic mass is 28.3.